The van der Waals surface area contributed by atoms with Gasteiger partial charge in [0.15, 0.2) is 11.5 Å². The van der Waals surface area contributed by atoms with E-state index in [4.69, 9.17) is 21.7 Å². The minimum absolute atomic E-state index is 0.166. The molecule has 0 bridgehead atoms. The molecule has 32 heavy (non-hydrogen) atoms. The summed E-state index contributed by atoms with van der Waals surface area (Å²) in [4.78, 5) is 30.1. The standard InChI is InChI=1S/C23H21BrN2O4S2/c1-4-25-16-7-6-14(24)12-15(16)19(21(25)27)20-22(28)26(23(31)32-20)10-9-13-5-8-17(29-2)18(11-13)30-3/h5-8,11-12H,4,9-10H2,1-3H3/b20-19+. The lowest BCUT2D eigenvalue weighted by Crippen LogP contribution is -2.31. The molecule has 6 nitrogen and oxygen atoms in total. The third-order valence-corrected chi connectivity index (χ3v) is 7.38. The SMILES string of the molecule is CCN1C(=O)/C(=C2/SC(=S)N(CCc3ccc(OC)c(OC)c3)C2=O)c2cc(Br)ccc21. The Kier molecular flexibility index (Phi) is 6.60. The Balaban J connectivity index is 1.62. The van der Waals surface area contributed by atoms with Crippen LogP contribution in [0.2, 0.25) is 0 Å². The Bertz CT molecular complexity index is 1160. The predicted molar refractivity (Wildman–Crippen MR) is 134 cm³/mol. The number of halogens is 1. The molecule has 0 saturated carbocycles. The molecule has 2 aliphatic rings. The topological polar surface area (TPSA) is 59.1 Å². The number of amides is 2. The Morgan fingerprint density at radius 1 is 1.00 bits per heavy atom. The molecule has 4 rings (SSSR count). The quantitative estimate of drug-likeness (QED) is 0.398. The highest BCUT2D eigenvalue weighted by Crippen LogP contribution is 2.45. The van der Waals surface area contributed by atoms with Crippen molar-refractivity contribution in [2.45, 2.75) is 13.3 Å². The number of likely N-dealkylation sites (N-methyl/N-ethyl adjacent to an activating group) is 1. The number of benzene rings is 2. The summed E-state index contributed by atoms with van der Waals surface area (Å²) in [5.74, 6) is 0.890. The van der Waals surface area contributed by atoms with E-state index in [1.54, 1.807) is 24.0 Å². The average molecular weight is 533 g/mol. The zero-order valence-corrected chi connectivity index (χ0v) is 21.0. The summed E-state index contributed by atoms with van der Waals surface area (Å²) in [6.45, 7) is 2.85. The smallest absolute Gasteiger partial charge is 0.267 e. The highest BCUT2D eigenvalue weighted by atomic mass is 79.9. The van der Waals surface area contributed by atoms with Gasteiger partial charge in [0.05, 0.1) is 30.4 Å². The van der Waals surface area contributed by atoms with Crippen LogP contribution < -0.4 is 14.4 Å². The molecule has 2 heterocycles. The summed E-state index contributed by atoms with van der Waals surface area (Å²) < 4.78 is 11.9. The summed E-state index contributed by atoms with van der Waals surface area (Å²) in [5.41, 5.74) is 2.99. The second-order valence-electron chi connectivity index (χ2n) is 7.18. The van der Waals surface area contributed by atoms with E-state index in [0.717, 1.165) is 21.3 Å². The fourth-order valence-corrected chi connectivity index (χ4v) is 5.60. The Hall–Kier alpha value is -2.36. The number of carbonyl (C=O) groups excluding carboxylic acids is 2. The van der Waals surface area contributed by atoms with E-state index in [0.29, 0.717) is 45.8 Å². The first-order chi connectivity index (χ1) is 15.4. The second-order valence-corrected chi connectivity index (χ2v) is 9.74. The van der Waals surface area contributed by atoms with Crippen LogP contribution in [-0.2, 0) is 16.0 Å². The van der Waals surface area contributed by atoms with E-state index < -0.39 is 0 Å². The number of rotatable bonds is 6. The molecule has 1 saturated heterocycles. The summed E-state index contributed by atoms with van der Waals surface area (Å²) in [7, 11) is 3.18. The van der Waals surface area contributed by atoms with Crippen LogP contribution in [0.25, 0.3) is 5.57 Å². The first-order valence-electron chi connectivity index (χ1n) is 10.00. The van der Waals surface area contributed by atoms with E-state index >= 15 is 0 Å². The molecular weight excluding hydrogens is 512 g/mol. The van der Waals surface area contributed by atoms with Gasteiger partial charge in [0.25, 0.3) is 11.8 Å². The van der Waals surface area contributed by atoms with Gasteiger partial charge in [-0.15, -0.1) is 0 Å². The molecule has 2 aromatic carbocycles. The van der Waals surface area contributed by atoms with Crippen molar-refractivity contribution < 1.29 is 19.1 Å². The molecule has 0 N–H and O–H groups in total. The van der Waals surface area contributed by atoms with E-state index in [-0.39, 0.29) is 11.8 Å². The molecule has 2 aliphatic heterocycles. The maximum atomic E-state index is 13.3. The first kappa shape index (κ1) is 22.8. The minimum atomic E-state index is -0.229. The molecule has 0 aliphatic carbocycles. The number of carbonyl (C=O) groups is 2. The largest absolute Gasteiger partial charge is 0.493 e. The van der Waals surface area contributed by atoms with Crippen LogP contribution in [0.5, 0.6) is 11.5 Å². The van der Waals surface area contributed by atoms with Crippen molar-refractivity contribution in [3.63, 3.8) is 0 Å². The van der Waals surface area contributed by atoms with Crippen LogP contribution in [0, 0.1) is 0 Å². The monoisotopic (exact) mass is 532 g/mol. The van der Waals surface area contributed by atoms with Crippen LogP contribution in [0.1, 0.15) is 18.1 Å². The van der Waals surface area contributed by atoms with Gasteiger partial charge in [-0.25, -0.2) is 0 Å². The summed E-state index contributed by atoms with van der Waals surface area (Å²) in [6.07, 6.45) is 0.590. The Morgan fingerprint density at radius 3 is 2.44 bits per heavy atom. The molecule has 9 heteroatoms. The number of hydrogen-bond acceptors (Lipinski definition) is 6. The number of hydrogen-bond donors (Lipinski definition) is 0. The number of nitrogens with zero attached hydrogens (tertiary/aromatic N) is 2. The molecule has 0 atom stereocenters. The molecule has 2 amide bonds. The van der Waals surface area contributed by atoms with Gasteiger partial charge in [-0.3, -0.25) is 14.5 Å². The van der Waals surface area contributed by atoms with E-state index in [9.17, 15) is 9.59 Å². The lowest BCUT2D eigenvalue weighted by Gasteiger charge is -2.15. The minimum Gasteiger partial charge on any atom is -0.493 e. The number of methoxy groups -OCH3 is 2. The van der Waals surface area contributed by atoms with Crippen molar-refractivity contribution in [2.24, 2.45) is 0 Å². The van der Waals surface area contributed by atoms with Crippen molar-refractivity contribution in [1.29, 1.82) is 0 Å². The van der Waals surface area contributed by atoms with Gasteiger partial charge in [0, 0.05) is 23.1 Å². The summed E-state index contributed by atoms with van der Waals surface area (Å²) in [6, 6.07) is 11.3. The van der Waals surface area contributed by atoms with Crippen molar-refractivity contribution >= 4 is 67.3 Å². The number of anilines is 1. The predicted octanol–water partition coefficient (Wildman–Crippen LogP) is 4.65. The number of fused-ring (bicyclic) bond motifs is 1. The van der Waals surface area contributed by atoms with Crippen LogP contribution in [0.3, 0.4) is 0 Å². The Morgan fingerprint density at radius 2 is 1.75 bits per heavy atom. The maximum absolute atomic E-state index is 13.3. The number of thiocarbonyl (C=S) groups is 1. The van der Waals surface area contributed by atoms with E-state index in [1.807, 2.05) is 43.3 Å². The second kappa shape index (κ2) is 9.25. The lowest BCUT2D eigenvalue weighted by molar-refractivity contribution is -0.122. The summed E-state index contributed by atoms with van der Waals surface area (Å²) >= 11 is 10.2. The van der Waals surface area contributed by atoms with Crippen LogP contribution in [0.4, 0.5) is 5.69 Å². The Labute approximate surface area is 204 Å². The third kappa shape index (κ3) is 3.93. The highest BCUT2D eigenvalue weighted by Gasteiger charge is 2.41. The van der Waals surface area contributed by atoms with Crippen molar-refractivity contribution in [2.75, 3.05) is 32.2 Å². The van der Waals surface area contributed by atoms with E-state index in [2.05, 4.69) is 15.9 Å². The number of ether oxygens (including phenoxy) is 2. The molecule has 0 unspecified atom stereocenters. The molecular formula is C23H21BrN2O4S2. The molecule has 0 aromatic heterocycles. The number of thioether (sulfide) groups is 1. The van der Waals surface area contributed by atoms with E-state index in [1.165, 1.54) is 11.8 Å². The highest BCUT2D eigenvalue weighted by molar-refractivity contribution is 9.10. The average Bonchev–Trinajstić information content (AvgIpc) is 3.22. The van der Waals surface area contributed by atoms with Crippen molar-refractivity contribution in [3.05, 3.63) is 56.9 Å². The van der Waals surface area contributed by atoms with Gasteiger partial charge in [-0.2, -0.15) is 0 Å². The van der Waals surface area contributed by atoms with Gasteiger partial charge < -0.3 is 14.4 Å². The zero-order valence-electron chi connectivity index (χ0n) is 17.8. The molecule has 2 aromatic rings. The van der Waals surface area contributed by atoms with Gasteiger partial charge in [-0.05, 0) is 49.2 Å². The van der Waals surface area contributed by atoms with Gasteiger partial charge in [-0.1, -0.05) is 46.0 Å². The van der Waals surface area contributed by atoms with Crippen LogP contribution in [-0.4, -0.2) is 48.3 Å². The maximum Gasteiger partial charge on any atom is 0.267 e. The summed E-state index contributed by atoms with van der Waals surface area (Å²) in [5, 5.41) is 0. The molecule has 1 fully saturated rings. The van der Waals surface area contributed by atoms with Gasteiger partial charge >= 0.3 is 0 Å². The normalized spacial score (nSPS) is 17.9. The van der Waals surface area contributed by atoms with Crippen molar-refractivity contribution in [1.82, 2.24) is 4.90 Å². The molecule has 166 valence electrons. The van der Waals surface area contributed by atoms with Crippen LogP contribution >= 0.6 is 39.9 Å². The van der Waals surface area contributed by atoms with Gasteiger partial charge in [0.2, 0.25) is 0 Å². The van der Waals surface area contributed by atoms with Crippen LogP contribution in [0.15, 0.2) is 45.8 Å². The molecule has 0 radical (unpaired) electrons. The first-order valence-corrected chi connectivity index (χ1v) is 12.0. The van der Waals surface area contributed by atoms with Crippen molar-refractivity contribution in [3.8, 4) is 11.5 Å². The zero-order chi connectivity index (χ0) is 23.0. The third-order valence-electron chi connectivity index (χ3n) is 5.44. The fourth-order valence-electron chi connectivity index (χ4n) is 3.86. The molecule has 0 spiro atoms. The fraction of sp³-hybridized carbons (Fsp3) is 0.261. The van der Waals surface area contributed by atoms with Gasteiger partial charge in [0.1, 0.15) is 4.32 Å². The lowest BCUT2D eigenvalue weighted by atomic mass is 10.1.